The second kappa shape index (κ2) is 4.91. The fourth-order valence-corrected chi connectivity index (χ4v) is 3.67. The minimum Gasteiger partial charge on any atom is -0.462 e. The Morgan fingerprint density at radius 3 is 3.00 bits per heavy atom. The molecule has 98 valence electrons. The number of aromatic nitrogens is 3. The highest BCUT2D eigenvalue weighted by atomic mass is 32.2. The van der Waals surface area contributed by atoms with Crippen molar-refractivity contribution in [2.75, 3.05) is 0 Å². The number of fused-ring (bicyclic) bond motifs is 1. The van der Waals surface area contributed by atoms with Gasteiger partial charge in [0.25, 0.3) is 0 Å². The highest BCUT2D eigenvalue weighted by Gasteiger charge is 2.34. The fourth-order valence-electron chi connectivity index (χ4n) is 2.49. The molecule has 0 radical (unpaired) electrons. The summed E-state index contributed by atoms with van der Waals surface area (Å²) in [6, 6.07) is 0. The summed E-state index contributed by atoms with van der Waals surface area (Å²) in [7, 11) is 0. The minimum absolute atomic E-state index is 0.0292. The van der Waals surface area contributed by atoms with Gasteiger partial charge in [0.2, 0.25) is 0 Å². The summed E-state index contributed by atoms with van der Waals surface area (Å²) >= 11 is 1.51. The normalized spacial score (nSPS) is 27.7. The molecular formula is C12H17N3O2S. The van der Waals surface area contributed by atoms with E-state index in [-0.39, 0.29) is 17.3 Å². The van der Waals surface area contributed by atoms with Gasteiger partial charge in [-0.2, -0.15) is 0 Å². The van der Waals surface area contributed by atoms with Crippen LogP contribution in [0, 0.1) is 0 Å². The smallest absolute Gasteiger partial charge is 0.319 e. The van der Waals surface area contributed by atoms with Gasteiger partial charge >= 0.3 is 5.97 Å². The number of rotatable bonds is 2. The van der Waals surface area contributed by atoms with Crippen LogP contribution in [0.15, 0.2) is 5.16 Å². The van der Waals surface area contributed by atoms with Gasteiger partial charge in [-0.1, -0.05) is 18.2 Å². The van der Waals surface area contributed by atoms with E-state index in [4.69, 9.17) is 4.74 Å². The van der Waals surface area contributed by atoms with E-state index < -0.39 is 0 Å². The van der Waals surface area contributed by atoms with Crippen molar-refractivity contribution in [3.63, 3.8) is 0 Å². The van der Waals surface area contributed by atoms with Crippen LogP contribution in [0.1, 0.15) is 38.4 Å². The second-order valence-corrected chi connectivity index (χ2v) is 6.12. The Balaban J connectivity index is 1.77. The minimum atomic E-state index is -0.114. The monoisotopic (exact) mass is 267 g/mol. The van der Waals surface area contributed by atoms with E-state index in [0.29, 0.717) is 0 Å². The van der Waals surface area contributed by atoms with Crippen molar-refractivity contribution in [3.8, 4) is 0 Å². The van der Waals surface area contributed by atoms with Crippen LogP contribution in [0.3, 0.4) is 0 Å². The van der Waals surface area contributed by atoms with E-state index >= 15 is 0 Å². The average Bonchev–Trinajstić information content (AvgIpc) is 2.75. The molecule has 5 nitrogen and oxygen atoms in total. The molecule has 0 aliphatic carbocycles. The molecular weight excluding hydrogens is 250 g/mol. The molecule has 18 heavy (non-hydrogen) atoms. The third-order valence-electron chi connectivity index (χ3n) is 3.45. The van der Waals surface area contributed by atoms with Crippen LogP contribution in [0.5, 0.6) is 0 Å². The lowest BCUT2D eigenvalue weighted by Crippen LogP contribution is -2.11. The molecule has 2 atom stereocenters. The van der Waals surface area contributed by atoms with E-state index in [9.17, 15) is 4.79 Å². The zero-order valence-electron chi connectivity index (χ0n) is 10.5. The summed E-state index contributed by atoms with van der Waals surface area (Å²) in [5.74, 6) is 0.952. The molecule has 1 aromatic heterocycles. The maximum atomic E-state index is 11.6. The number of thioether (sulfide) groups is 1. The van der Waals surface area contributed by atoms with Crippen molar-refractivity contribution in [2.24, 2.45) is 0 Å². The topological polar surface area (TPSA) is 57.0 Å². The van der Waals surface area contributed by atoms with Gasteiger partial charge in [-0.25, -0.2) is 0 Å². The van der Waals surface area contributed by atoms with Gasteiger partial charge in [0.1, 0.15) is 17.2 Å². The number of ether oxygens (including phenoxy) is 1. The number of carbonyl (C=O) groups is 1. The Hall–Kier alpha value is -1.04. The molecule has 0 spiro atoms. The van der Waals surface area contributed by atoms with Gasteiger partial charge in [0.05, 0.1) is 0 Å². The van der Waals surface area contributed by atoms with E-state index in [2.05, 4.69) is 14.8 Å². The van der Waals surface area contributed by atoms with Crippen LogP contribution < -0.4 is 0 Å². The molecule has 0 saturated carbocycles. The van der Waals surface area contributed by atoms with Gasteiger partial charge in [0, 0.05) is 19.4 Å². The summed E-state index contributed by atoms with van der Waals surface area (Å²) < 4.78 is 7.35. The first-order valence-corrected chi connectivity index (χ1v) is 7.41. The van der Waals surface area contributed by atoms with Crippen molar-refractivity contribution in [2.45, 2.75) is 62.1 Å². The molecule has 1 saturated heterocycles. The summed E-state index contributed by atoms with van der Waals surface area (Å²) in [4.78, 5) is 11.6. The quantitative estimate of drug-likeness (QED) is 0.765. The van der Waals surface area contributed by atoms with E-state index in [1.807, 2.05) is 6.92 Å². The summed E-state index contributed by atoms with van der Waals surface area (Å²) in [6.45, 7) is 2.91. The number of cyclic esters (lactones) is 1. The Kier molecular flexibility index (Phi) is 3.28. The van der Waals surface area contributed by atoms with E-state index in [1.54, 1.807) is 0 Å². The lowest BCUT2D eigenvalue weighted by atomic mass is 10.2. The highest BCUT2D eigenvalue weighted by molar-refractivity contribution is 8.00. The van der Waals surface area contributed by atoms with Crippen molar-refractivity contribution in [1.82, 2.24) is 14.8 Å². The zero-order chi connectivity index (χ0) is 12.5. The first-order chi connectivity index (χ1) is 8.74. The van der Waals surface area contributed by atoms with Crippen molar-refractivity contribution in [3.05, 3.63) is 5.82 Å². The molecule has 2 aliphatic rings. The Morgan fingerprint density at radius 2 is 2.22 bits per heavy atom. The maximum absolute atomic E-state index is 11.6. The number of aryl methyl sites for hydroxylation is 1. The number of carbonyl (C=O) groups excluding carboxylic acids is 1. The van der Waals surface area contributed by atoms with E-state index in [0.717, 1.165) is 30.4 Å². The summed E-state index contributed by atoms with van der Waals surface area (Å²) in [5.41, 5.74) is 0. The van der Waals surface area contributed by atoms with Gasteiger partial charge < -0.3 is 9.30 Å². The second-order valence-electron chi connectivity index (χ2n) is 4.95. The molecule has 1 fully saturated rings. The average molecular weight is 267 g/mol. The first-order valence-electron chi connectivity index (χ1n) is 6.53. The predicted octanol–water partition coefficient (Wildman–Crippen LogP) is 1.80. The highest BCUT2D eigenvalue weighted by Crippen LogP contribution is 2.32. The number of hydrogen-bond donors (Lipinski definition) is 0. The third kappa shape index (κ3) is 2.25. The standard InChI is InChI=1S/C12H17N3O2S/c1-8-7-9(11(16)17-8)18-12-14-13-10-5-3-2-4-6-15(10)12/h8-9H,2-7H2,1H3/t8-,9+/m1/s1. The van der Waals surface area contributed by atoms with Gasteiger partial charge in [-0.05, 0) is 19.8 Å². The van der Waals surface area contributed by atoms with Crippen molar-refractivity contribution >= 4 is 17.7 Å². The summed E-state index contributed by atoms with van der Waals surface area (Å²) in [6.07, 6.45) is 5.40. The van der Waals surface area contributed by atoms with Crippen LogP contribution in [-0.2, 0) is 22.5 Å². The Labute approximate surface area is 110 Å². The Bertz CT molecular complexity index is 460. The van der Waals surface area contributed by atoms with Crippen LogP contribution in [0.4, 0.5) is 0 Å². The SMILES string of the molecule is C[C@@H]1C[C@H](Sc2nnc3n2CCCCC3)C(=O)O1. The largest absolute Gasteiger partial charge is 0.462 e. The molecule has 1 aromatic rings. The molecule has 3 rings (SSSR count). The molecule has 0 amide bonds. The lowest BCUT2D eigenvalue weighted by molar-refractivity contribution is -0.140. The van der Waals surface area contributed by atoms with Crippen LogP contribution in [0.2, 0.25) is 0 Å². The van der Waals surface area contributed by atoms with Crippen LogP contribution in [-0.4, -0.2) is 32.1 Å². The molecule has 6 heteroatoms. The fraction of sp³-hybridized carbons (Fsp3) is 0.750. The van der Waals surface area contributed by atoms with Crippen molar-refractivity contribution in [1.29, 1.82) is 0 Å². The van der Waals surface area contributed by atoms with Crippen LogP contribution >= 0.6 is 11.8 Å². The summed E-state index contributed by atoms with van der Waals surface area (Å²) in [5, 5.41) is 9.24. The zero-order valence-corrected chi connectivity index (χ0v) is 11.3. The molecule has 2 aliphatic heterocycles. The van der Waals surface area contributed by atoms with Gasteiger partial charge in [-0.15, -0.1) is 10.2 Å². The predicted molar refractivity (Wildman–Crippen MR) is 67.4 cm³/mol. The lowest BCUT2D eigenvalue weighted by Gasteiger charge is -2.08. The van der Waals surface area contributed by atoms with Gasteiger partial charge in [0.15, 0.2) is 5.16 Å². The van der Waals surface area contributed by atoms with Crippen molar-refractivity contribution < 1.29 is 9.53 Å². The molecule has 0 unspecified atom stereocenters. The first kappa shape index (κ1) is 12.0. The number of nitrogens with zero attached hydrogens (tertiary/aromatic N) is 3. The maximum Gasteiger partial charge on any atom is 0.319 e. The molecule has 0 bridgehead atoms. The van der Waals surface area contributed by atoms with E-state index in [1.165, 1.54) is 31.0 Å². The van der Waals surface area contributed by atoms with Crippen LogP contribution in [0.25, 0.3) is 0 Å². The molecule has 3 heterocycles. The third-order valence-corrected chi connectivity index (χ3v) is 4.63. The number of esters is 1. The molecule has 0 aromatic carbocycles. The van der Waals surface area contributed by atoms with Gasteiger partial charge in [-0.3, -0.25) is 4.79 Å². The molecule has 0 N–H and O–H groups in total. The Morgan fingerprint density at radius 1 is 1.33 bits per heavy atom. The number of hydrogen-bond acceptors (Lipinski definition) is 5.